The monoisotopic (exact) mass is 558 g/mol. The Balaban J connectivity index is 1.64. The molecule has 0 fully saturated rings. The second-order valence-corrected chi connectivity index (χ2v) is 11.0. The number of carbonyl (C=O) groups is 3. The lowest BCUT2D eigenvalue weighted by Crippen LogP contribution is -2.20. The Morgan fingerprint density at radius 3 is 2.38 bits per heavy atom. The van der Waals surface area contributed by atoms with E-state index >= 15 is 0 Å². The Hall–Kier alpha value is -3.88. The zero-order chi connectivity index (χ0) is 27.8. The van der Waals surface area contributed by atoms with Crippen molar-refractivity contribution in [3.05, 3.63) is 101 Å². The summed E-state index contributed by atoms with van der Waals surface area (Å²) in [4.78, 5) is 39.5. The molecule has 3 aromatic carbocycles. The molecule has 1 unspecified atom stereocenters. The number of amides is 2. The number of nitrogens with one attached hydrogen (secondary N) is 2. The summed E-state index contributed by atoms with van der Waals surface area (Å²) in [5.74, 6) is -0.829. The molecule has 200 valence electrons. The van der Waals surface area contributed by atoms with E-state index in [1.165, 1.54) is 30.2 Å². The number of benzene rings is 3. The molecule has 1 aromatic heterocycles. The molecule has 0 bridgehead atoms. The van der Waals surface area contributed by atoms with Gasteiger partial charge in [-0.05, 0) is 42.7 Å². The van der Waals surface area contributed by atoms with Crippen molar-refractivity contribution in [1.82, 2.24) is 0 Å². The second-order valence-electron chi connectivity index (χ2n) is 8.93. The number of hydrogen-bond donors (Lipinski definition) is 2. The third-order valence-electron chi connectivity index (χ3n) is 5.97. The lowest BCUT2D eigenvalue weighted by atomic mass is 10.0. The van der Waals surface area contributed by atoms with Crippen molar-refractivity contribution in [2.45, 2.75) is 36.8 Å². The normalized spacial score (nSPS) is 11.5. The van der Waals surface area contributed by atoms with E-state index in [0.29, 0.717) is 28.2 Å². The van der Waals surface area contributed by atoms with Crippen molar-refractivity contribution in [2.75, 3.05) is 17.7 Å². The lowest BCUT2D eigenvalue weighted by molar-refractivity contribution is -0.116. The highest BCUT2D eigenvalue weighted by Crippen LogP contribution is 2.40. The SMILES string of the molecule is CCCC(=O)Nc1cccc(SC(C(=O)Nc2scc(-c3ccc(C)cc3)c2C(=O)OC)c2ccccc2)c1. The molecule has 0 saturated carbocycles. The van der Waals surface area contributed by atoms with Gasteiger partial charge < -0.3 is 15.4 Å². The van der Waals surface area contributed by atoms with Gasteiger partial charge in [0.2, 0.25) is 11.8 Å². The zero-order valence-electron chi connectivity index (χ0n) is 22.0. The summed E-state index contributed by atoms with van der Waals surface area (Å²) in [5.41, 5.74) is 4.52. The van der Waals surface area contributed by atoms with E-state index in [1.54, 1.807) is 0 Å². The lowest BCUT2D eigenvalue weighted by Gasteiger charge is -2.18. The molecule has 1 heterocycles. The van der Waals surface area contributed by atoms with Crippen LogP contribution in [0.1, 0.15) is 46.5 Å². The van der Waals surface area contributed by atoms with E-state index in [9.17, 15) is 14.4 Å². The van der Waals surface area contributed by atoms with Gasteiger partial charge in [-0.1, -0.05) is 73.2 Å². The molecule has 0 radical (unpaired) electrons. The first-order valence-electron chi connectivity index (χ1n) is 12.6. The number of esters is 1. The maximum atomic E-state index is 13.8. The second kappa shape index (κ2) is 13.3. The number of thioether (sulfide) groups is 1. The first-order chi connectivity index (χ1) is 18.9. The van der Waals surface area contributed by atoms with Crippen LogP contribution in [-0.2, 0) is 14.3 Å². The van der Waals surface area contributed by atoms with Gasteiger partial charge in [-0.3, -0.25) is 9.59 Å². The van der Waals surface area contributed by atoms with Crippen LogP contribution >= 0.6 is 23.1 Å². The van der Waals surface area contributed by atoms with E-state index < -0.39 is 11.2 Å². The van der Waals surface area contributed by atoms with Gasteiger partial charge in [0.1, 0.15) is 15.8 Å². The summed E-state index contributed by atoms with van der Waals surface area (Å²) in [7, 11) is 1.33. The molecule has 39 heavy (non-hydrogen) atoms. The first-order valence-corrected chi connectivity index (χ1v) is 14.3. The van der Waals surface area contributed by atoms with Crippen LogP contribution in [0.3, 0.4) is 0 Å². The van der Waals surface area contributed by atoms with Gasteiger partial charge in [0.15, 0.2) is 0 Å². The maximum Gasteiger partial charge on any atom is 0.341 e. The predicted molar refractivity (Wildman–Crippen MR) is 159 cm³/mol. The van der Waals surface area contributed by atoms with E-state index in [-0.39, 0.29) is 11.8 Å². The fourth-order valence-corrected chi connectivity index (χ4v) is 6.06. The fraction of sp³-hybridized carbons (Fsp3) is 0.194. The number of thiophene rings is 1. The smallest absolute Gasteiger partial charge is 0.341 e. The minimum atomic E-state index is -0.608. The molecule has 6 nitrogen and oxygen atoms in total. The predicted octanol–water partition coefficient (Wildman–Crippen LogP) is 7.72. The van der Waals surface area contributed by atoms with Gasteiger partial charge in [-0.15, -0.1) is 23.1 Å². The van der Waals surface area contributed by atoms with Crippen LogP contribution in [0, 0.1) is 6.92 Å². The third kappa shape index (κ3) is 7.16. The van der Waals surface area contributed by atoms with Crippen molar-refractivity contribution in [1.29, 1.82) is 0 Å². The Bertz CT molecular complexity index is 1450. The van der Waals surface area contributed by atoms with Gasteiger partial charge in [-0.2, -0.15) is 0 Å². The Kier molecular flexibility index (Phi) is 9.57. The molecular weight excluding hydrogens is 528 g/mol. The maximum absolute atomic E-state index is 13.8. The summed E-state index contributed by atoms with van der Waals surface area (Å²) in [5, 5.41) is 7.60. The standard InChI is InChI=1S/C31H30N2O4S2/c1-4-9-26(34)32-23-12-8-13-24(18-23)39-28(22-10-6-5-7-11-22)29(35)33-30-27(31(36)37-3)25(19-38-30)21-16-14-20(2)15-17-21/h5-8,10-19,28H,4,9H2,1-3H3,(H,32,34)(H,33,35). The van der Waals surface area contributed by atoms with Crippen LogP contribution < -0.4 is 10.6 Å². The summed E-state index contributed by atoms with van der Waals surface area (Å²) in [6, 6.07) is 24.8. The average Bonchev–Trinajstić information content (AvgIpc) is 3.35. The van der Waals surface area contributed by atoms with E-state index in [2.05, 4.69) is 10.6 Å². The van der Waals surface area contributed by atoms with Crippen LogP contribution in [0.15, 0.2) is 89.1 Å². The highest BCUT2D eigenvalue weighted by Gasteiger charge is 2.27. The molecule has 2 N–H and O–H groups in total. The number of ether oxygens (including phenoxy) is 1. The molecule has 0 spiro atoms. The first kappa shape index (κ1) is 28.1. The van der Waals surface area contributed by atoms with Crippen LogP contribution in [0.4, 0.5) is 10.7 Å². The van der Waals surface area contributed by atoms with E-state index in [1.807, 2.05) is 98.1 Å². The topological polar surface area (TPSA) is 84.5 Å². The van der Waals surface area contributed by atoms with E-state index in [0.717, 1.165) is 28.0 Å². The van der Waals surface area contributed by atoms with Crippen LogP contribution in [0.2, 0.25) is 0 Å². The Morgan fingerprint density at radius 1 is 0.949 bits per heavy atom. The molecular formula is C31H30N2O4S2. The molecule has 0 aliphatic heterocycles. The van der Waals surface area contributed by atoms with Crippen molar-refractivity contribution in [3.8, 4) is 11.1 Å². The van der Waals surface area contributed by atoms with Crippen molar-refractivity contribution < 1.29 is 19.1 Å². The van der Waals surface area contributed by atoms with Crippen LogP contribution in [-0.4, -0.2) is 24.9 Å². The summed E-state index contributed by atoms with van der Waals surface area (Å²) >= 11 is 2.66. The van der Waals surface area contributed by atoms with Crippen molar-refractivity contribution in [2.24, 2.45) is 0 Å². The molecule has 0 saturated heterocycles. The van der Waals surface area contributed by atoms with Gasteiger partial charge >= 0.3 is 5.97 Å². The number of methoxy groups -OCH3 is 1. The van der Waals surface area contributed by atoms with Crippen LogP contribution in [0.5, 0.6) is 0 Å². The minimum absolute atomic E-state index is 0.0468. The Morgan fingerprint density at radius 2 is 1.69 bits per heavy atom. The molecule has 0 aliphatic rings. The highest BCUT2D eigenvalue weighted by molar-refractivity contribution is 8.00. The fourth-order valence-electron chi connectivity index (χ4n) is 4.01. The average molecular weight is 559 g/mol. The molecule has 2 amide bonds. The highest BCUT2D eigenvalue weighted by atomic mass is 32.2. The number of rotatable bonds is 10. The molecule has 4 rings (SSSR count). The van der Waals surface area contributed by atoms with Gasteiger partial charge in [0.25, 0.3) is 0 Å². The summed E-state index contributed by atoms with van der Waals surface area (Å²) < 4.78 is 5.08. The summed E-state index contributed by atoms with van der Waals surface area (Å²) in [6.07, 6.45) is 1.21. The number of aryl methyl sites for hydroxylation is 1. The van der Waals surface area contributed by atoms with Crippen molar-refractivity contribution in [3.63, 3.8) is 0 Å². The van der Waals surface area contributed by atoms with E-state index in [4.69, 9.17) is 4.74 Å². The quantitative estimate of drug-likeness (QED) is 0.154. The number of anilines is 2. The van der Waals surface area contributed by atoms with Crippen molar-refractivity contribution >= 4 is 51.6 Å². The number of carbonyl (C=O) groups excluding carboxylic acids is 3. The molecule has 8 heteroatoms. The molecule has 1 atom stereocenters. The Labute approximate surface area is 236 Å². The molecule has 4 aromatic rings. The summed E-state index contributed by atoms with van der Waals surface area (Å²) in [6.45, 7) is 3.96. The minimum Gasteiger partial charge on any atom is -0.465 e. The van der Waals surface area contributed by atoms with Gasteiger partial charge in [0.05, 0.1) is 7.11 Å². The molecule has 0 aliphatic carbocycles. The van der Waals surface area contributed by atoms with Gasteiger partial charge in [-0.25, -0.2) is 4.79 Å². The largest absolute Gasteiger partial charge is 0.465 e. The zero-order valence-corrected chi connectivity index (χ0v) is 23.7. The number of hydrogen-bond acceptors (Lipinski definition) is 6. The third-order valence-corrected chi connectivity index (χ3v) is 8.11. The van der Waals surface area contributed by atoms with Gasteiger partial charge in [0, 0.05) is 27.9 Å². The van der Waals surface area contributed by atoms with Crippen LogP contribution in [0.25, 0.3) is 11.1 Å².